The van der Waals surface area contributed by atoms with Gasteiger partial charge in [0.2, 0.25) is 0 Å². The summed E-state index contributed by atoms with van der Waals surface area (Å²) in [5, 5.41) is 9.99. The van der Waals surface area contributed by atoms with E-state index in [-0.39, 0.29) is 42.9 Å². The van der Waals surface area contributed by atoms with Crippen molar-refractivity contribution in [2.24, 2.45) is 0 Å². The molecular formula is C17H30Cl3N3O2. The maximum Gasteiger partial charge on any atom is 0.258 e. The first-order valence-corrected chi connectivity index (χ1v) is 8.27. The van der Waals surface area contributed by atoms with Crippen molar-refractivity contribution in [3.63, 3.8) is 0 Å². The number of hydrogen-bond acceptors (Lipinski definition) is 4. The van der Waals surface area contributed by atoms with Gasteiger partial charge in [0.15, 0.2) is 6.61 Å². The highest BCUT2D eigenvalue weighted by Crippen LogP contribution is 2.23. The SMILES string of the molecule is CNCCCNCc1cc(Cl)ccc1OCC(=O)NC(C)(C)C.Cl.Cl. The van der Waals surface area contributed by atoms with Gasteiger partial charge in [-0.3, -0.25) is 4.79 Å². The van der Waals surface area contributed by atoms with Gasteiger partial charge >= 0.3 is 0 Å². The molecule has 25 heavy (non-hydrogen) atoms. The van der Waals surface area contributed by atoms with Crippen LogP contribution in [0.2, 0.25) is 5.02 Å². The molecule has 8 heteroatoms. The molecule has 0 bridgehead atoms. The lowest BCUT2D eigenvalue weighted by Gasteiger charge is -2.21. The second kappa shape index (κ2) is 13.5. The predicted molar refractivity (Wildman–Crippen MR) is 110 cm³/mol. The number of carbonyl (C=O) groups excluding carboxylic acids is 1. The van der Waals surface area contributed by atoms with Crippen molar-refractivity contribution in [2.45, 2.75) is 39.3 Å². The lowest BCUT2D eigenvalue weighted by Crippen LogP contribution is -2.43. The number of nitrogens with one attached hydrogen (secondary N) is 3. The molecule has 0 heterocycles. The molecule has 0 saturated heterocycles. The number of rotatable bonds is 9. The Morgan fingerprint density at radius 3 is 2.48 bits per heavy atom. The van der Waals surface area contributed by atoms with Gasteiger partial charge in [-0.05, 0) is 65.5 Å². The van der Waals surface area contributed by atoms with E-state index in [0.717, 1.165) is 25.1 Å². The predicted octanol–water partition coefficient (Wildman–Crippen LogP) is 3.18. The van der Waals surface area contributed by atoms with Crippen molar-refractivity contribution in [3.8, 4) is 5.75 Å². The van der Waals surface area contributed by atoms with Gasteiger partial charge in [0.25, 0.3) is 5.91 Å². The Hall–Kier alpha value is -0.720. The average molecular weight is 415 g/mol. The zero-order valence-corrected chi connectivity index (χ0v) is 17.7. The van der Waals surface area contributed by atoms with E-state index in [4.69, 9.17) is 16.3 Å². The van der Waals surface area contributed by atoms with Crippen LogP contribution < -0.4 is 20.7 Å². The lowest BCUT2D eigenvalue weighted by molar-refractivity contribution is -0.124. The van der Waals surface area contributed by atoms with Crippen molar-refractivity contribution in [1.29, 1.82) is 0 Å². The fourth-order valence-electron chi connectivity index (χ4n) is 2.04. The molecule has 0 fully saturated rings. The monoisotopic (exact) mass is 413 g/mol. The summed E-state index contributed by atoms with van der Waals surface area (Å²) in [5.74, 6) is 0.542. The molecule has 5 nitrogen and oxygen atoms in total. The Balaban J connectivity index is 0. The van der Waals surface area contributed by atoms with Crippen molar-refractivity contribution in [1.82, 2.24) is 16.0 Å². The molecule has 3 N–H and O–H groups in total. The fraction of sp³-hybridized carbons (Fsp3) is 0.588. The summed E-state index contributed by atoms with van der Waals surface area (Å²) in [6.07, 6.45) is 1.04. The molecule has 1 aromatic rings. The van der Waals surface area contributed by atoms with Gasteiger partial charge in [-0.15, -0.1) is 24.8 Å². The molecule has 0 aliphatic rings. The van der Waals surface area contributed by atoms with Crippen LogP contribution in [-0.2, 0) is 11.3 Å². The molecule has 1 rings (SSSR count). The number of hydrogen-bond donors (Lipinski definition) is 3. The van der Waals surface area contributed by atoms with Gasteiger partial charge in [0, 0.05) is 22.7 Å². The highest BCUT2D eigenvalue weighted by Gasteiger charge is 2.14. The Bertz CT molecular complexity index is 508. The van der Waals surface area contributed by atoms with Crippen LogP contribution in [0.15, 0.2) is 18.2 Å². The quantitative estimate of drug-likeness (QED) is 0.543. The third-order valence-corrected chi connectivity index (χ3v) is 3.23. The summed E-state index contributed by atoms with van der Waals surface area (Å²) in [6.45, 7) is 8.33. The van der Waals surface area contributed by atoms with Crippen LogP contribution in [0.1, 0.15) is 32.8 Å². The minimum atomic E-state index is -0.266. The first-order chi connectivity index (χ1) is 10.8. The van der Waals surface area contributed by atoms with Crippen molar-refractivity contribution >= 4 is 42.3 Å². The van der Waals surface area contributed by atoms with Crippen molar-refractivity contribution in [3.05, 3.63) is 28.8 Å². The second-order valence-corrected chi connectivity index (χ2v) is 6.91. The minimum Gasteiger partial charge on any atom is -0.483 e. The highest BCUT2D eigenvalue weighted by molar-refractivity contribution is 6.30. The highest BCUT2D eigenvalue weighted by atomic mass is 35.5. The zero-order chi connectivity index (χ0) is 17.3. The van der Waals surface area contributed by atoms with E-state index in [1.54, 1.807) is 12.1 Å². The van der Waals surface area contributed by atoms with E-state index in [1.807, 2.05) is 33.9 Å². The van der Waals surface area contributed by atoms with Crippen LogP contribution >= 0.6 is 36.4 Å². The van der Waals surface area contributed by atoms with Crippen LogP contribution in [0, 0.1) is 0 Å². The second-order valence-electron chi connectivity index (χ2n) is 6.47. The number of amides is 1. The van der Waals surface area contributed by atoms with E-state index in [1.165, 1.54) is 0 Å². The van der Waals surface area contributed by atoms with Crippen LogP contribution in [0.3, 0.4) is 0 Å². The third-order valence-electron chi connectivity index (χ3n) is 2.99. The first kappa shape index (κ1) is 26.5. The molecule has 0 aliphatic heterocycles. The van der Waals surface area contributed by atoms with E-state index >= 15 is 0 Å². The fourth-order valence-corrected chi connectivity index (χ4v) is 2.23. The summed E-state index contributed by atoms with van der Waals surface area (Å²) in [5.41, 5.74) is 0.684. The van der Waals surface area contributed by atoms with Crippen LogP contribution in [0.5, 0.6) is 5.75 Å². The standard InChI is InChI=1S/C17H28ClN3O2.2ClH/c1-17(2,3)21-16(22)12-23-15-7-6-14(18)10-13(15)11-20-9-5-8-19-4;;/h6-7,10,19-20H,5,8-9,11-12H2,1-4H3,(H,21,22);2*1H. The smallest absolute Gasteiger partial charge is 0.258 e. The molecule has 0 spiro atoms. The lowest BCUT2D eigenvalue weighted by atomic mass is 10.1. The summed E-state index contributed by atoms with van der Waals surface area (Å²) in [7, 11) is 1.94. The zero-order valence-electron chi connectivity index (χ0n) is 15.3. The summed E-state index contributed by atoms with van der Waals surface area (Å²) in [6, 6.07) is 5.43. The van der Waals surface area contributed by atoms with Gasteiger partial charge in [-0.2, -0.15) is 0 Å². The summed E-state index contributed by atoms with van der Waals surface area (Å²) < 4.78 is 5.65. The Labute approximate surface area is 168 Å². The molecule has 0 radical (unpaired) electrons. The van der Waals surface area contributed by atoms with Crippen molar-refractivity contribution in [2.75, 3.05) is 26.7 Å². The Morgan fingerprint density at radius 2 is 1.88 bits per heavy atom. The normalized spacial score (nSPS) is 10.4. The molecule has 1 aromatic carbocycles. The Morgan fingerprint density at radius 1 is 1.20 bits per heavy atom. The first-order valence-electron chi connectivity index (χ1n) is 7.89. The molecule has 0 atom stereocenters. The molecule has 0 aliphatic carbocycles. The molecular weight excluding hydrogens is 385 g/mol. The van der Waals surface area contributed by atoms with E-state index in [2.05, 4.69) is 16.0 Å². The Kier molecular flexibility index (Phi) is 14.3. The van der Waals surface area contributed by atoms with E-state index in [0.29, 0.717) is 17.3 Å². The van der Waals surface area contributed by atoms with Gasteiger partial charge < -0.3 is 20.7 Å². The van der Waals surface area contributed by atoms with Gasteiger partial charge in [0.1, 0.15) is 5.75 Å². The maximum absolute atomic E-state index is 11.9. The van der Waals surface area contributed by atoms with Gasteiger partial charge in [-0.25, -0.2) is 0 Å². The number of carbonyl (C=O) groups is 1. The van der Waals surface area contributed by atoms with E-state index in [9.17, 15) is 4.79 Å². The topological polar surface area (TPSA) is 62.4 Å². The third kappa shape index (κ3) is 12.3. The maximum atomic E-state index is 11.9. The molecule has 1 amide bonds. The van der Waals surface area contributed by atoms with Gasteiger partial charge in [0.05, 0.1) is 0 Å². The average Bonchev–Trinajstić information content (AvgIpc) is 2.44. The van der Waals surface area contributed by atoms with Crippen LogP contribution in [-0.4, -0.2) is 38.2 Å². The van der Waals surface area contributed by atoms with E-state index < -0.39 is 0 Å². The minimum absolute atomic E-state index is 0. The van der Waals surface area contributed by atoms with Gasteiger partial charge in [-0.1, -0.05) is 11.6 Å². The summed E-state index contributed by atoms with van der Waals surface area (Å²) >= 11 is 6.06. The largest absolute Gasteiger partial charge is 0.483 e. The number of ether oxygens (including phenoxy) is 1. The molecule has 0 unspecified atom stereocenters. The molecule has 146 valence electrons. The number of benzene rings is 1. The molecule has 0 saturated carbocycles. The van der Waals surface area contributed by atoms with Crippen LogP contribution in [0.25, 0.3) is 0 Å². The van der Waals surface area contributed by atoms with Crippen LogP contribution in [0.4, 0.5) is 0 Å². The summed E-state index contributed by atoms with van der Waals surface area (Å²) in [4.78, 5) is 11.9. The number of halogens is 3. The molecule has 0 aromatic heterocycles. The van der Waals surface area contributed by atoms with Crippen molar-refractivity contribution < 1.29 is 9.53 Å².